The van der Waals surface area contributed by atoms with Crippen molar-refractivity contribution in [2.24, 2.45) is 5.41 Å². The first-order valence-electron chi connectivity index (χ1n) is 6.64. The van der Waals surface area contributed by atoms with Gasteiger partial charge in [-0.2, -0.15) is 0 Å². The summed E-state index contributed by atoms with van der Waals surface area (Å²) in [5, 5.41) is 3.22. The van der Waals surface area contributed by atoms with E-state index in [9.17, 15) is 4.79 Å². The number of anilines is 1. The van der Waals surface area contributed by atoms with Crippen molar-refractivity contribution in [3.05, 3.63) is 22.7 Å². The normalized spacial score (nSPS) is 18.2. The highest BCUT2D eigenvalue weighted by molar-refractivity contribution is 5.31. The number of aromatic nitrogens is 2. The fraction of sp³-hybridized carbons (Fsp3) is 0.714. The third-order valence-corrected chi connectivity index (χ3v) is 3.81. The first-order chi connectivity index (χ1) is 8.32. The van der Waals surface area contributed by atoms with Gasteiger partial charge in [-0.05, 0) is 39.0 Å². The van der Waals surface area contributed by atoms with Crippen LogP contribution in [0.1, 0.15) is 47.0 Å². The van der Waals surface area contributed by atoms with Crippen LogP contribution in [0.5, 0.6) is 0 Å². The molecule has 4 heteroatoms. The molecule has 1 heterocycles. The standard InChI is InChI=1S/C14H23N3O/c1-13(2,3)17-9-8-15-11(12(17)18)16-10-14(4)6-5-7-14/h8-9H,5-7,10H2,1-4H3,(H,15,16). The molecule has 100 valence electrons. The maximum atomic E-state index is 12.3. The Morgan fingerprint density at radius 3 is 2.61 bits per heavy atom. The molecule has 0 aliphatic heterocycles. The van der Waals surface area contributed by atoms with Crippen LogP contribution in [-0.2, 0) is 5.54 Å². The Morgan fingerprint density at radius 2 is 2.11 bits per heavy atom. The lowest BCUT2D eigenvalue weighted by molar-refractivity contribution is 0.179. The second kappa shape index (κ2) is 4.41. The smallest absolute Gasteiger partial charge is 0.293 e. The molecule has 1 aliphatic rings. The SMILES string of the molecule is CC1(CNc2nccn(C(C)(C)C)c2=O)CCC1. The Morgan fingerprint density at radius 1 is 1.44 bits per heavy atom. The number of rotatable bonds is 3. The third-order valence-electron chi connectivity index (χ3n) is 3.81. The van der Waals surface area contributed by atoms with Gasteiger partial charge in [-0.3, -0.25) is 4.79 Å². The molecule has 1 N–H and O–H groups in total. The van der Waals surface area contributed by atoms with E-state index in [2.05, 4.69) is 17.2 Å². The first kappa shape index (κ1) is 13.1. The summed E-state index contributed by atoms with van der Waals surface area (Å²) in [6.07, 6.45) is 7.21. The Kier molecular flexibility index (Phi) is 3.21. The quantitative estimate of drug-likeness (QED) is 0.895. The number of hydrogen-bond donors (Lipinski definition) is 1. The number of nitrogens with zero attached hydrogens (tertiary/aromatic N) is 2. The van der Waals surface area contributed by atoms with Crippen molar-refractivity contribution >= 4 is 5.82 Å². The van der Waals surface area contributed by atoms with E-state index in [1.165, 1.54) is 19.3 Å². The van der Waals surface area contributed by atoms with E-state index >= 15 is 0 Å². The molecule has 1 fully saturated rings. The van der Waals surface area contributed by atoms with Gasteiger partial charge in [-0.1, -0.05) is 13.3 Å². The molecule has 1 aromatic rings. The lowest BCUT2D eigenvalue weighted by atomic mass is 9.70. The van der Waals surface area contributed by atoms with Crippen molar-refractivity contribution in [3.63, 3.8) is 0 Å². The Balaban J connectivity index is 2.16. The summed E-state index contributed by atoms with van der Waals surface area (Å²) >= 11 is 0. The minimum atomic E-state index is -0.211. The Labute approximate surface area is 108 Å². The molecule has 2 rings (SSSR count). The van der Waals surface area contributed by atoms with Crippen molar-refractivity contribution in [3.8, 4) is 0 Å². The summed E-state index contributed by atoms with van der Waals surface area (Å²) in [6.45, 7) is 9.15. The minimum absolute atomic E-state index is 0.0343. The fourth-order valence-corrected chi connectivity index (χ4v) is 2.32. The van der Waals surface area contributed by atoms with Crippen LogP contribution >= 0.6 is 0 Å². The second-order valence-corrected chi connectivity index (χ2v) is 6.64. The molecule has 1 aliphatic carbocycles. The monoisotopic (exact) mass is 249 g/mol. The van der Waals surface area contributed by atoms with Crippen molar-refractivity contribution in [2.75, 3.05) is 11.9 Å². The van der Waals surface area contributed by atoms with Gasteiger partial charge in [0.2, 0.25) is 0 Å². The van der Waals surface area contributed by atoms with Crippen molar-refractivity contribution in [1.82, 2.24) is 9.55 Å². The summed E-state index contributed by atoms with van der Waals surface area (Å²) in [5.41, 5.74) is 0.0980. The summed E-state index contributed by atoms with van der Waals surface area (Å²) in [6, 6.07) is 0. The van der Waals surface area contributed by atoms with Gasteiger partial charge in [0.1, 0.15) is 0 Å². The molecule has 1 saturated carbocycles. The van der Waals surface area contributed by atoms with E-state index < -0.39 is 0 Å². The van der Waals surface area contributed by atoms with Gasteiger partial charge in [0.25, 0.3) is 5.56 Å². The van der Waals surface area contributed by atoms with E-state index in [1.54, 1.807) is 17.0 Å². The molecular formula is C14H23N3O. The molecule has 0 bridgehead atoms. The van der Waals surface area contributed by atoms with E-state index in [0.717, 1.165) is 6.54 Å². The fourth-order valence-electron chi connectivity index (χ4n) is 2.32. The molecule has 18 heavy (non-hydrogen) atoms. The Bertz CT molecular complexity index is 481. The van der Waals surface area contributed by atoms with Crippen LogP contribution < -0.4 is 10.9 Å². The Hall–Kier alpha value is -1.32. The van der Waals surface area contributed by atoms with Gasteiger partial charge in [0, 0.05) is 24.5 Å². The summed E-state index contributed by atoms with van der Waals surface area (Å²) in [4.78, 5) is 16.4. The first-order valence-corrected chi connectivity index (χ1v) is 6.64. The van der Waals surface area contributed by atoms with Gasteiger partial charge in [0.15, 0.2) is 5.82 Å². The van der Waals surface area contributed by atoms with Crippen LogP contribution in [0, 0.1) is 5.41 Å². The van der Waals surface area contributed by atoms with E-state index in [1.807, 2.05) is 20.8 Å². The predicted molar refractivity (Wildman–Crippen MR) is 73.9 cm³/mol. The van der Waals surface area contributed by atoms with E-state index in [4.69, 9.17) is 0 Å². The van der Waals surface area contributed by atoms with Gasteiger partial charge in [0.05, 0.1) is 0 Å². The molecule has 0 unspecified atom stereocenters. The van der Waals surface area contributed by atoms with Crippen molar-refractivity contribution in [1.29, 1.82) is 0 Å². The average Bonchev–Trinajstić information content (AvgIpc) is 2.23. The van der Waals surface area contributed by atoms with Gasteiger partial charge < -0.3 is 9.88 Å². The van der Waals surface area contributed by atoms with Gasteiger partial charge in [-0.25, -0.2) is 4.98 Å². The van der Waals surface area contributed by atoms with Gasteiger partial charge in [-0.15, -0.1) is 0 Å². The maximum Gasteiger partial charge on any atom is 0.293 e. The van der Waals surface area contributed by atoms with Crippen molar-refractivity contribution < 1.29 is 0 Å². The lowest BCUT2D eigenvalue weighted by Crippen LogP contribution is -2.38. The zero-order valence-corrected chi connectivity index (χ0v) is 11.8. The van der Waals surface area contributed by atoms with E-state index in [-0.39, 0.29) is 11.1 Å². The zero-order chi connectivity index (χ0) is 13.4. The van der Waals surface area contributed by atoms with Gasteiger partial charge >= 0.3 is 0 Å². The summed E-state index contributed by atoms with van der Waals surface area (Å²) < 4.78 is 1.73. The molecule has 0 atom stereocenters. The molecular weight excluding hydrogens is 226 g/mol. The van der Waals surface area contributed by atoms with Crippen LogP contribution in [-0.4, -0.2) is 16.1 Å². The van der Waals surface area contributed by atoms with Crippen LogP contribution in [0.2, 0.25) is 0 Å². The highest BCUT2D eigenvalue weighted by Gasteiger charge is 2.31. The highest BCUT2D eigenvalue weighted by Crippen LogP contribution is 2.39. The predicted octanol–water partition coefficient (Wildman–Crippen LogP) is 2.60. The molecule has 4 nitrogen and oxygen atoms in total. The number of nitrogens with one attached hydrogen (secondary N) is 1. The molecule has 0 saturated heterocycles. The second-order valence-electron chi connectivity index (χ2n) is 6.64. The topological polar surface area (TPSA) is 46.9 Å². The number of hydrogen-bond acceptors (Lipinski definition) is 3. The minimum Gasteiger partial charge on any atom is -0.365 e. The van der Waals surface area contributed by atoms with Crippen LogP contribution in [0.4, 0.5) is 5.82 Å². The zero-order valence-electron chi connectivity index (χ0n) is 11.8. The molecule has 0 amide bonds. The summed E-state index contributed by atoms with van der Waals surface area (Å²) in [7, 11) is 0. The van der Waals surface area contributed by atoms with Crippen LogP contribution in [0.15, 0.2) is 17.2 Å². The van der Waals surface area contributed by atoms with Crippen LogP contribution in [0.3, 0.4) is 0 Å². The molecule has 0 spiro atoms. The van der Waals surface area contributed by atoms with Crippen molar-refractivity contribution in [2.45, 2.75) is 52.5 Å². The summed E-state index contributed by atoms with van der Waals surface area (Å²) in [5.74, 6) is 0.473. The molecule has 0 aromatic carbocycles. The third kappa shape index (κ3) is 2.57. The lowest BCUT2D eigenvalue weighted by Gasteiger charge is -2.38. The van der Waals surface area contributed by atoms with Crippen LogP contribution in [0.25, 0.3) is 0 Å². The van der Waals surface area contributed by atoms with E-state index in [0.29, 0.717) is 11.2 Å². The highest BCUT2D eigenvalue weighted by atomic mass is 16.1. The largest absolute Gasteiger partial charge is 0.365 e. The molecule has 1 aromatic heterocycles. The average molecular weight is 249 g/mol. The molecule has 0 radical (unpaired) electrons. The maximum absolute atomic E-state index is 12.3.